The molecule has 0 aliphatic carbocycles. The van der Waals surface area contributed by atoms with Gasteiger partial charge in [-0.3, -0.25) is 4.79 Å². The van der Waals surface area contributed by atoms with Crippen LogP contribution in [0, 0.1) is 0 Å². The molecule has 1 amide bonds. The van der Waals surface area contributed by atoms with Crippen molar-refractivity contribution in [3.8, 4) is 17.2 Å². The molecular formula is C24H25NO3. The van der Waals surface area contributed by atoms with E-state index in [0.29, 0.717) is 22.9 Å². The zero-order chi connectivity index (χ0) is 20.0. The molecule has 0 spiro atoms. The zero-order valence-electron chi connectivity index (χ0n) is 16.4. The topological polar surface area (TPSA) is 47.6 Å². The number of hydrogen-bond donors (Lipinski definition) is 1. The summed E-state index contributed by atoms with van der Waals surface area (Å²) in [4.78, 5) is 12.3. The first-order valence-corrected chi connectivity index (χ1v) is 9.27. The Labute approximate surface area is 166 Å². The summed E-state index contributed by atoms with van der Waals surface area (Å²) < 4.78 is 11.5. The minimum Gasteiger partial charge on any atom is -0.484 e. The van der Waals surface area contributed by atoms with Gasteiger partial charge in [-0.15, -0.1) is 0 Å². The van der Waals surface area contributed by atoms with Crippen molar-refractivity contribution in [3.05, 3.63) is 84.4 Å². The van der Waals surface area contributed by atoms with E-state index in [9.17, 15) is 4.79 Å². The first kappa shape index (κ1) is 19.5. The van der Waals surface area contributed by atoms with Gasteiger partial charge in [0.25, 0.3) is 5.91 Å². The van der Waals surface area contributed by atoms with E-state index in [-0.39, 0.29) is 17.9 Å². The fourth-order valence-electron chi connectivity index (χ4n) is 2.66. The number of carbonyl (C=O) groups excluding carboxylic acids is 1. The Kier molecular flexibility index (Phi) is 5.99. The number of anilines is 1. The largest absolute Gasteiger partial charge is 0.484 e. The highest BCUT2D eigenvalue weighted by Gasteiger charge is 2.13. The van der Waals surface area contributed by atoms with Crippen molar-refractivity contribution >= 4 is 11.6 Å². The number of nitrogens with one attached hydrogen (secondary N) is 1. The lowest BCUT2D eigenvalue weighted by Gasteiger charge is -2.19. The lowest BCUT2D eigenvalue weighted by Crippen LogP contribution is -2.20. The molecule has 0 fully saturated rings. The van der Waals surface area contributed by atoms with Crippen molar-refractivity contribution < 1.29 is 14.3 Å². The highest BCUT2D eigenvalue weighted by molar-refractivity contribution is 5.93. The molecule has 0 aliphatic rings. The average molecular weight is 375 g/mol. The molecule has 0 saturated heterocycles. The molecule has 0 aliphatic heterocycles. The van der Waals surface area contributed by atoms with Crippen molar-refractivity contribution in [3.63, 3.8) is 0 Å². The van der Waals surface area contributed by atoms with Crippen LogP contribution in [0.2, 0.25) is 0 Å². The average Bonchev–Trinajstić information content (AvgIpc) is 2.68. The van der Waals surface area contributed by atoms with Crippen LogP contribution in [0.1, 0.15) is 26.3 Å². The molecule has 0 radical (unpaired) electrons. The van der Waals surface area contributed by atoms with E-state index < -0.39 is 0 Å². The second-order valence-electron chi connectivity index (χ2n) is 7.52. The van der Waals surface area contributed by atoms with Gasteiger partial charge in [-0.25, -0.2) is 0 Å². The summed E-state index contributed by atoms with van der Waals surface area (Å²) in [6.45, 7) is 6.40. The van der Waals surface area contributed by atoms with Crippen molar-refractivity contribution in [1.29, 1.82) is 0 Å². The first-order valence-electron chi connectivity index (χ1n) is 9.27. The molecule has 0 heterocycles. The smallest absolute Gasteiger partial charge is 0.262 e. The lowest BCUT2D eigenvalue weighted by atomic mass is 9.87. The maximum Gasteiger partial charge on any atom is 0.262 e. The van der Waals surface area contributed by atoms with Crippen LogP contribution < -0.4 is 14.8 Å². The molecule has 3 aromatic carbocycles. The molecule has 28 heavy (non-hydrogen) atoms. The zero-order valence-corrected chi connectivity index (χ0v) is 16.4. The van der Waals surface area contributed by atoms with E-state index in [1.165, 1.54) is 5.56 Å². The lowest BCUT2D eigenvalue weighted by molar-refractivity contribution is -0.118. The van der Waals surface area contributed by atoms with Crippen LogP contribution in [0.5, 0.6) is 17.2 Å². The molecule has 1 N–H and O–H groups in total. The minimum atomic E-state index is -0.246. The van der Waals surface area contributed by atoms with Gasteiger partial charge in [0.15, 0.2) is 12.4 Å². The highest BCUT2D eigenvalue weighted by atomic mass is 16.5. The normalized spacial score (nSPS) is 11.0. The van der Waals surface area contributed by atoms with Gasteiger partial charge < -0.3 is 14.8 Å². The second-order valence-corrected chi connectivity index (χ2v) is 7.52. The van der Waals surface area contributed by atoms with Gasteiger partial charge >= 0.3 is 0 Å². The molecule has 4 heteroatoms. The third-order valence-electron chi connectivity index (χ3n) is 4.22. The van der Waals surface area contributed by atoms with Crippen LogP contribution in [-0.4, -0.2) is 12.5 Å². The second kappa shape index (κ2) is 8.61. The fourth-order valence-corrected chi connectivity index (χ4v) is 2.66. The quantitative estimate of drug-likeness (QED) is 0.593. The third kappa shape index (κ3) is 5.36. The summed E-state index contributed by atoms with van der Waals surface area (Å²) in [5.74, 6) is 1.71. The molecule has 0 atom stereocenters. The molecule has 0 aromatic heterocycles. The molecule has 3 rings (SSSR count). The number of rotatable bonds is 6. The number of ether oxygens (including phenoxy) is 2. The van der Waals surface area contributed by atoms with Crippen LogP contribution in [0.3, 0.4) is 0 Å². The SMILES string of the molecule is CC(C)(C)c1ccc(OCC(=O)Nc2ccccc2Oc2ccccc2)cc1. The van der Waals surface area contributed by atoms with E-state index >= 15 is 0 Å². The highest BCUT2D eigenvalue weighted by Crippen LogP contribution is 2.29. The standard InChI is InChI=1S/C24H25NO3/c1-24(2,3)18-13-15-19(16-14-18)27-17-23(26)25-21-11-7-8-12-22(21)28-20-9-5-4-6-10-20/h4-16H,17H2,1-3H3,(H,25,26). The summed E-state index contributed by atoms with van der Waals surface area (Å²) in [5, 5.41) is 2.85. The molecule has 0 bridgehead atoms. The van der Waals surface area contributed by atoms with Gasteiger partial charge in [0, 0.05) is 0 Å². The van der Waals surface area contributed by atoms with Gasteiger partial charge in [-0.1, -0.05) is 63.2 Å². The Bertz CT molecular complexity index is 913. The molecule has 0 unspecified atom stereocenters. The maximum absolute atomic E-state index is 12.3. The van der Waals surface area contributed by atoms with E-state index in [1.807, 2.05) is 72.8 Å². The van der Waals surface area contributed by atoms with Crippen molar-refractivity contribution in [2.24, 2.45) is 0 Å². The molecule has 0 saturated carbocycles. The van der Waals surface area contributed by atoms with Crippen molar-refractivity contribution in [2.45, 2.75) is 26.2 Å². The Morgan fingerprint density at radius 1 is 0.821 bits per heavy atom. The first-order chi connectivity index (χ1) is 13.4. The van der Waals surface area contributed by atoms with Crippen LogP contribution in [0.15, 0.2) is 78.9 Å². The monoisotopic (exact) mass is 375 g/mol. The Hall–Kier alpha value is -3.27. The summed E-state index contributed by atoms with van der Waals surface area (Å²) in [6, 6.07) is 24.6. The Balaban J connectivity index is 1.59. The van der Waals surface area contributed by atoms with Crippen LogP contribution in [-0.2, 0) is 10.2 Å². The van der Waals surface area contributed by atoms with E-state index in [1.54, 1.807) is 6.07 Å². The summed E-state index contributed by atoms with van der Waals surface area (Å²) in [5.41, 5.74) is 1.90. The van der Waals surface area contributed by atoms with Crippen molar-refractivity contribution in [2.75, 3.05) is 11.9 Å². The van der Waals surface area contributed by atoms with Crippen molar-refractivity contribution in [1.82, 2.24) is 0 Å². The number of para-hydroxylation sites is 3. The van der Waals surface area contributed by atoms with E-state index in [0.717, 1.165) is 0 Å². The summed E-state index contributed by atoms with van der Waals surface area (Å²) >= 11 is 0. The van der Waals surface area contributed by atoms with Gasteiger partial charge in [0.2, 0.25) is 0 Å². The number of amides is 1. The molecule has 144 valence electrons. The van der Waals surface area contributed by atoms with Gasteiger partial charge in [-0.2, -0.15) is 0 Å². The van der Waals surface area contributed by atoms with E-state index in [2.05, 4.69) is 26.1 Å². The molecule has 4 nitrogen and oxygen atoms in total. The van der Waals surface area contributed by atoms with Crippen LogP contribution in [0.25, 0.3) is 0 Å². The van der Waals surface area contributed by atoms with Gasteiger partial charge in [0.05, 0.1) is 5.69 Å². The minimum absolute atomic E-state index is 0.0749. The Morgan fingerprint density at radius 2 is 1.46 bits per heavy atom. The Morgan fingerprint density at radius 3 is 2.14 bits per heavy atom. The maximum atomic E-state index is 12.3. The predicted molar refractivity (Wildman–Crippen MR) is 112 cm³/mol. The van der Waals surface area contributed by atoms with Crippen LogP contribution in [0.4, 0.5) is 5.69 Å². The van der Waals surface area contributed by atoms with Crippen LogP contribution >= 0.6 is 0 Å². The number of benzene rings is 3. The summed E-state index contributed by atoms with van der Waals surface area (Å²) in [6.07, 6.45) is 0. The number of carbonyl (C=O) groups is 1. The number of hydrogen-bond acceptors (Lipinski definition) is 3. The van der Waals surface area contributed by atoms with Gasteiger partial charge in [-0.05, 0) is 47.4 Å². The third-order valence-corrected chi connectivity index (χ3v) is 4.22. The molecular weight excluding hydrogens is 350 g/mol. The van der Waals surface area contributed by atoms with E-state index in [4.69, 9.17) is 9.47 Å². The molecule has 3 aromatic rings. The fraction of sp³-hybridized carbons (Fsp3) is 0.208. The summed E-state index contributed by atoms with van der Waals surface area (Å²) in [7, 11) is 0. The van der Waals surface area contributed by atoms with Gasteiger partial charge in [0.1, 0.15) is 11.5 Å². The predicted octanol–water partition coefficient (Wildman–Crippen LogP) is 5.79.